The van der Waals surface area contributed by atoms with Crippen molar-refractivity contribution in [3.63, 3.8) is 0 Å². The second-order valence-electron chi connectivity index (χ2n) is 4.24. The van der Waals surface area contributed by atoms with Crippen LogP contribution in [0.5, 0.6) is 0 Å². The van der Waals surface area contributed by atoms with Crippen LogP contribution in [-0.2, 0) is 11.1 Å². The van der Waals surface area contributed by atoms with Gasteiger partial charge in [-0.15, -0.1) is 0 Å². The van der Waals surface area contributed by atoms with Gasteiger partial charge < -0.3 is 9.45 Å². The quantitative estimate of drug-likeness (QED) is 0.847. The van der Waals surface area contributed by atoms with Gasteiger partial charge in [0, 0.05) is 12.2 Å². The van der Waals surface area contributed by atoms with E-state index < -0.39 is 11.1 Å². The van der Waals surface area contributed by atoms with E-state index in [-0.39, 0.29) is 5.75 Å². The zero-order valence-corrected chi connectivity index (χ0v) is 12.2. The number of rotatable bonds is 5. The van der Waals surface area contributed by atoms with E-state index in [0.717, 1.165) is 5.69 Å². The Balaban J connectivity index is 2.37. The molecule has 0 saturated heterocycles. The summed E-state index contributed by atoms with van der Waals surface area (Å²) in [6.07, 6.45) is 0. The Morgan fingerprint density at radius 3 is 2.25 bits per heavy atom. The van der Waals surface area contributed by atoms with Crippen molar-refractivity contribution >= 4 is 22.7 Å². The molecule has 0 aliphatic heterocycles. The molecule has 1 aromatic carbocycles. The molecule has 1 unspecified atom stereocenters. The van der Waals surface area contributed by atoms with Gasteiger partial charge in [0.05, 0.1) is 5.75 Å². The van der Waals surface area contributed by atoms with E-state index in [1.165, 1.54) is 0 Å². The standard InChI is InChI=1S/C13H16N4O2S/c1-10-14-11(2)16-13(15-10)17(8-9-20(18)19)12-6-4-3-5-7-12/h3-7H,8-9H2,1-2H3,(H,18,19). The third-order valence-corrected chi connectivity index (χ3v) is 3.18. The number of hydrogen-bond donors (Lipinski definition) is 1. The molecule has 1 heterocycles. The third kappa shape index (κ3) is 3.82. The Kier molecular flexibility index (Phi) is 4.75. The summed E-state index contributed by atoms with van der Waals surface area (Å²) >= 11 is -1.86. The lowest BCUT2D eigenvalue weighted by Crippen LogP contribution is -2.25. The number of benzene rings is 1. The highest BCUT2D eigenvalue weighted by Crippen LogP contribution is 2.21. The van der Waals surface area contributed by atoms with Crippen molar-refractivity contribution in [3.05, 3.63) is 42.0 Å². The molecule has 2 rings (SSSR count). The molecule has 0 bridgehead atoms. The highest BCUT2D eigenvalue weighted by Gasteiger charge is 2.14. The molecule has 20 heavy (non-hydrogen) atoms. The van der Waals surface area contributed by atoms with Gasteiger partial charge in [0.1, 0.15) is 11.6 Å². The van der Waals surface area contributed by atoms with Crippen LogP contribution in [-0.4, -0.2) is 36.0 Å². The van der Waals surface area contributed by atoms with Gasteiger partial charge >= 0.3 is 0 Å². The Morgan fingerprint density at radius 2 is 1.70 bits per heavy atom. The minimum Gasteiger partial charge on any atom is -0.309 e. The molecule has 1 atom stereocenters. The molecular formula is C13H16N4O2S. The molecule has 6 nitrogen and oxygen atoms in total. The van der Waals surface area contributed by atoms with Crippen LogP contribution in [0.4, 0.5) is 11.6 Å². The number of anilines is 2. The Hall–Kier alpha value is -1.86. The van der Waals surface area contributed by atoms with Gasteiger partial charge in [-0.05, 0) is 26.0 Å². The molecule has 0 aliphatic carbocycles. The number of hydrogen-bond acceptors (Lipinski definition) is 5. The molecule has 0 radical (unpaired) electrons. The first-order valence-corrected chi connectivity index (χ1v) is 7.43. The zero-order valence-electron chi connectivity index (χ0n) is 11.4. The van der Waals surface area contributed by atoms with Crippen molar-refractivity contribution in [3.8, 4) is 0 Å². The van der Waals surface area contributed by atoms with E-state index in [0.29, 0.717) is 24.1 Å². The first-order valence-electron chi connectivity index (χ1n) is 6.15. The normalized spacial score (nSPS) is 12.2. The number of nitrogens with zero attached hydrogens (tertiary/aromatic N) is 4. The van der Waals surface area contributed by atoms with Crippen LogP contribution in [0.15, 0.2) is 30.3 Å². The minimum atomic E-state index is -1.86. The first-order chi connectivity index (χ1) is 9.56. The second-order valence-corrected chi connectivity index (χ2v) is 5.29. The van der Waals surface area contributed by atoms with Crippen LogP contribution < -0.4 is 4.90 Å². The van der Waals surface area contributed by atoms with Crippen LogP contribution in [0, 0.1) is 13.8 Å². The average Bonchev–Trinajstić information content (AvgIpc) is 2.38. The molecule has 0 amide bonds. The van der Waals surface area contributed by atoms with Crippen molar-refractivity contribution in [2.45, 2.75) is 13.8 Å². The summed E-state index contributed by atoms with van der Waals surface area (Å²) in [5.41, 5.74) is 0.878. The maximum absolute atomic E-state index is 10.9. The Labute approximate surface area is 120 Å². The van der Waals surface area contributed by atoms with E-state index in [1.807, 2.05) is 35.2 Å². The Morgan fingerprint density at radius 1 is 1.10 bits per heavy atom. The molecule has 0 fully saturated rings. The van der Waals surface area contributed by atoms with E-state index in [4.69, 9.17) is 4.55 Å². The molecule has 1 aromatic heterocycles. The minimum absolute atomic E-state index is 0.124. The number of para-hydroxylation sites is 1. The van der Waals surface area contributed by atoms with Gasteiger partial charge in [-0.25, -0.2) is 9.19 Å². The summed E-state index contributed by atoms with van der Waals surface area (Å²) in [5.74, 6) is 1.86. The summed E-state index contributed by atoms with van der Waals surface area (Å²) < 4.78 is 19.9. The molecule has 106 valence electrons. The van der Waals surface area contributed by atoms with Crippen LogP contribution in [0.25, 0.3) is 0 Å². The van der Waals surface area contributed by atoms with Crippen molar-refractivity contribution in [1.82, 2.24) is 15.0 Å². The first kappa shape index (κ1) is 14.5. The van der Waals surface area contributed by atoms with Gasteiger partial charge in [0.2, 0.25) is 5.95 Å². The van der Waals surface area contributed by atoms with Crippen molar-refractivity contribution in [2.24, 2.45) is 0 Å². The van der Waals surface area contributed by atoms with Crippen molar-refractivity contribution < 1.29 is 8.76 Å². The highest BCUT2D eigenvalue weighted by atomic mass is 32.2. The predicted octanol–water partition coefficient (Wildman–Crippen LogP) is 1.85. The molecule has 0 spiro atoms. The fourth-order valence-corrected chi connectivity index (χ4v) is 2.18. The molecule has 0 aliphatic rings. The summed E-state index contributed by atoms with van der Waals surface area (Å²) in [5, 5.41) is 0. The van der Waals surface area contributed by atoms with Crippen LogP contribution in [0.2, 0.25) is 0 Å². The van der Waals surface area contributed by atoms with Crippen LogP contribution >= 0.6 is 0 Å². The van der Waals surface area contributed by atoms with Crippen LogP contribution in [0.1, 0.15) is 11.6 Å². The number of aryl methyl sites for hydroxylation is 2. The molecular weight excluding hydrogens is 276 g/mol. The maximum atomic E-state index is 10.9. The molecule has 0 saturated carbocycles. The monoisotopic (exact) mass is 292 g/mol. The molecule has 2 aromatic rings. The van der Waals surface area contributed by atoms with Crippen molar-refractivity contribution in [1.29, 1.82) is 0 Å². The number of aromatic nitrogens is 3. The smallest absolute Gasteiger partial charge is 0.233 e. The lowest BCUT2D eigenvalue weighted by atomic mass is 10.3. The Bertz CT molecular complexity index is 586. The lowest BCUT2D eigenvalue weighted by molar-refractivity contribution is 0.564. The third-order valence-electron chi connectivity index (χ3n) is 2.65. The SMILES string of the molecule is Cc1nc(C)nc(N(CCS(=O)O)c2ccccc2)n1. The van der Waals surface area contributed by atoms with E-state index in [2.05, 4.69) is 15.0 Å². The van der Waals surface area contributed by atoms with Gasteiger partial charge in [0.25, 0.3) is 0 Å². The molecule has 1 N–H and O–H groups in total. The lowest BCUT2D eigenvalue weighted by Gasteiger charge is -2.22. The maximum Gasteiger partial charge on any atom is 0.233 e. The fraction of sp³-hybridized carbons (Fsp3) is 0.308. The average molecular weight is 292 g/mol. The van der Waals surface area contributed by atoms with Gasteiger partial charge in [-0.2, -0.15) is 9.97 Å². The van der Waals surface area contributed by atoms with E-state index >= 15 is 0 Å². The fourth-order valence-electron chi connectivity index (χ4n) is 1.84. The van der Waals surface area contributed by atoms with Gasteiger partial charge in [-0.3, -0.25) is 0 Å². The summed E-state index contributed by atoms with van der Waals surface area (Å²) in [6, 6.07) is 9.54. The van der Waals surface area contributed by atoms with Gasteiger partial charge in [-0.1, -0.05) is 18.2 Å². The zero-order chi connectivity index (χ0) is 14.5. The van der Waals surface area contributed by atoms with Crippen LogP contribution in [0.3, 0.4) is 0 Å². The van der Waals surface area contributed by atoms with Gasteiger partial charge in [0.15, 0.2) is 11.1 Å². The van der Waals surface area contributed by atoms with E-state index in [1.54, 1.807) is 13.8 Å². The predicted molar refractivity (Wildman–Crippen MR) is 78.4 cm³/mol. The summed E-state index contributed by atoms with van der Waals surface area (Å²) in [6.45, 7) is 3.95. The van der Waals surface area contributed by atoms with E-state index in [9.17, 15) is 4.21 Å². The summed E-state index contributed by atoms with van der Waals surface area (Å²) in [4.78, 5) is 14.6. The summed E-state index contributed by atoms with van der Waals surface area (Å²) in [7, 11) is 0. The second kappa shape index (κ2) is 6.53. The largest absolute Gasteiger partial charge is 0.309 e. The topological polar surface area (TPSA) is 79.2 Å². The highest BCUT2D eigenvalue weighted by molar-refractivity contribution is 7.79. The van der Waals surface area contributed by atoms with Crippen molar-refractivity contribution in [2.75, 3.05) is 17.2 Å². The molecule has 7 heteroatoms.